The topological polar surface area (TPSA) is 112 Å². The Bertz CT molecular complexity index is 1250. The predicted octanol–water partition coefficient (Wildman–Crippen LogP) is 2.22. The second kappa shape index (κ2) is 9.32. The molecule has 9 nitrogen and oxygen atoms in total. The maximum absolute atomic E-state index is 13.2. The molecule has 1 unspecified atom stereocenters. The van der Waals surface area contributed by atoms with Crippen LogP contribution < -0.4 is 25.5 Å². The second-order valence-electron chi connectivity index (χ2n) is 8.11. The molecule has 3 heterocycles. The number of aryl methyl sites for hydroxylation is 1. The lowest BCUT2D eigenvalue weighted by molar-refractivity contribution is -0.124. The van der Waals surface area contributed by atoms with E-state index in [4.69, 9.17) is 9.47 Å². The lowest BCUT2D eigenvalue weighted by Crippen LogP contribution is -2.50. The van der Waals surface area contributed by atoms with Gasteiger partial charge < -0.3 is 24.7 Å². The van der Waals surface area contributed by atoms with Crippen molar-refractivity contribution in [2.75, 3.05) is 6.79 Å². The first-order valence-electron chi connectivity index (χ1n) is 10.8. The summed E-state index contributed by atoms with van der Waals surface area (Å²) in [6.07, 6.45) is 3.17. The highest BCUT2D eigenvalue weighted by Crippen LogP contribution is 2.35. The fourth-order valence-corrected chi connectivity index (χ4v) is 3.75. The fourth-order valence-electron chi connectivity index (χ4n) is 3.75. The number of ether oxygens (including phenoxy) is 2. The number of pyridine rings is 2. The van der Waals surface area contributed by atoms with Crippen molar-refractivity contribution in [3.8, 4) is 11.5 Å². The van der Waals surface area contributed by atoms with Gasteiger partial charge in [0.15, 0.2) is 11.5 Å². The molecule has 2 aromatic heterocycles. The number of rotatable bonds is 7. The van der Waals surface area contributed by atoms with Crippen molar-refractivity contribution < 1.29 is 19.1 Å². The van der Waals surface area contributed by atoms with Gasteiger partial charge >= 0.3 is 0 Å². The lowest BCUT2D eigenvalue weighted by Gasteiger charge is -2.22. The summed E-state index contributed by atoms with van der Waals surface area (Å²) in [5.74, 6) is -0.114. The van der Waals surface area contributed by atoms with E-state index in [2.05, 4.69) is 15.6 Å². The normalized spacial score (nSPS) is 13.2. The van der Waals surface area contributed by atoms with E-state index in [1.165, 1.54) is 6.20 Å². The number of amides is 2. The van der Waals surface area contributed by atoms with Crippen molar-refractivity contribution in [1.82, 2.24) is 20.2 Å². The number of hydrogen-bond acceptors (Lipinski definition) is 6. The molecule has 0 radical (unpaired) electrons. The molecule has 0 spiro atoms. The molecule has 0 saturated carbocycles. The largest absolute Gasteiger partial charge is 0.454 e. The molecule has 3 aromatic rings. The molecule has 0 saturated heterocycles. The highest BCUT2D eigenvalue weighted by atomic mass is 16.7. The van der Waals surface area contributed by atoms with E-state index >= 15 is 0 Å². The highest BCUT2D eigenvalue weighted by molar-refractivity contribution is 6.00. The molecule has 1 atom stereocenters. The zero-order chi connectivity index (χ0) is 23.5. The van der Waals surface area contributed by atoms with Crippen LogP contribution in [0.15, 0.2) is 47.5 Å². The molecular formula is C24H26N4O5. The van der Waals surface area contributed by atoms with Crippen molar-refractivity contribution in [2.24, 2.45) is 5.92 Å². The minimum absolute atomic E-state index is 0.0357. The summed E-state index contributed by atoms with van der Waals surface area (Å²) in [7, 11) is 0. The maximum atomic E-state index is 13.2. The van der Waals surface area contributed by atoms with Crippen LogP contribution in [-0.4, -0.2) is 34.2 Å². The van der Waals surface area contributed by atoms with Crippen LogP contribution in [0.5, 0.6) is 11.5 Å². The lowest BCUT2D eigenvalue weighted by atomic mass is 10.0. The number of carbonyl (C=O) groups excluding carboxylic acids is 2. The third kappa shape index (κ3) is 4.52. The van der Waals surface area contributed by atoms with Crippen molar-refractivity contribution in [1.29, 1.82) is 0 Å². The van der Waals surface area contributed by atoms with Gasteiger partial charge in [0.1, 0.15) is 11.6 Å². The van der Waals surface area contributed by atoms with Gasteiger partial charge in [-0.25, -0.2) is 0 Å². The van der Waals surface area contributed by atoms with E-state index in [0.29, 0.717) is 34.6 Å². The minimum Gasteiger partial charge on any atom is -0.454 e. The first-order valence-corrected chi connectivity index (χ1v) is 10.8. The van der Waals surface area contributed by atoms with Crippen LogP contribution in [0.25, 0.3) is 10.9 Å². The van der Waals surface area contributed by atoms with Crippen molar-refractivity contribution >= 4 is 22.7 Å². The minimum atomic E-state index is -0.817. The average molecular weight is 450 g/mol. The monoisotopic (exact) mass is 450 g/mol. The van der Waals surface area contributed by atoms with Gasteiger partial charge in [0.25, 0.3) is 5.91 Å². The fraction of sp³-hybridized carbons (Fsp3) is 0.333. The van der Waals surface area contributed by atoms with Crippen LogP contribution in [0.1, 0.15) is 36.8 Å². The van der Waals surface area contributed by atoms with Gasteiger partial charge in [0.2, 0.25) is 18.1 Å². The van der Waals surface area contributed by atoms with Crippen LogP contribution in [0, 0.1) is 5.92 Å². The molecular weight excluding hydrogens is 424 g/mol. The van der Waals surface area contributed by atoms with Crippen LogP contribution >= 0.6 is 0 Å². The molecule has 0 bridgehead atoms. The van der Waals surface area contributed by atoms with Crippen LogP contribution in [0.4, 0.5) is 0 Å². The molecule has 1 aliphatic heterocycles. The smallest absolute Gasteiger partial charge is 0.257 e. The van der Waals surface area contributed by atoms with Gasteiger partial charge in [-0.15, -0.1) is 0 Å². The SMILES string of the molecule is CCn1cc(C(=O)NC(C(=O)NCc2ccccn2)C(C)C)c(=O)c2cc3c(cc21)OCO3. The Morgan fingerprint density at radius 2 is 1.94 bits per heavy atom. The van der Waals surface area contributed by atoms with Crippen molar-refractivity contribution in [2.45, 2.75) is 39.9 Å². The molecule has 2 amide bonds. The van der Waals surface area contributed by atoms with E-state index in [0.717, 1.165) is 0 Å². The summed E-state index contributed by atoms with van der Waals surface area (Å²) in [5.41, 5.74) is 0.892. The molecule has 2 N–H and O–H groups in total. The van der Waals surface area contributed by atoms with E-state index < -0.39 is 17.4 Å². The Labute approximate surface area is 190 Å². The Balaban J connectivity index is 1.60. The molecule has 1 aromatic carbocycles. The first-order chi connectivity index (χ1) is 15.9. The van der Waals surface area contributed by atoms with Crippen LogP contribution in [0.2, 0.25) is 0 Å². The van der Waals surface area contributed by atoms with E-state index in [-0.39, 0.29) is 30.7 Å². The molecule has 9 heteroatoms. The molecule has 172 valence electrons. The molecule has 33 heavy (non-hydrogen) atoms. The first kappa shape index (κ1) is 22.3. The van der Waals surface area contributed by atoms with Gasteiger partial charge in [-0.1, -0.05) is 19.9 Å². The average Bonchev–Trinajstić information content (AvgIpc) is 3.28. The Morgan fingerprint density at radius 1 is 1.18 bits per heavy atom. The van der Waals surface area contributed by atoms with E-state index in [1.54, 1.807) is 35.0 Å². The third-order valence-electron chi connectivity index (χ3n) is 5.57. The van der Waals surface area contributed by atoms with Gasteiger partial charge in [0, 0.05) is 25.0 Å². The van der Waals surface area contributed by atoms with Crippen molar-refractivity contribution in [3.05, 3.63) is 64.2 Å². The standard InChI is InChI=1S/C24H26N4O5/c1-4-28-12-17(22(29)16-9-19-20(10-18(16)28)33-13-32-19)23(30)27-21(14(2)3)24(31)26-11-15-7-5-6-8-25-15/h5-10,12,14,21H,4,11,13H2,1-3H3,(H,26,31)(H,27,30). The number of benzene rings is 1. The zero-order valence-electron chi connectivity index (χ0n) is 18.8. The number of nitrogens with zero attached hydrogens (tertiary/aromatic N) is 2. The molecule has 0 aliphatic carbocycles. The van der Waals surface area contributed by atoms with Crippen LogP contribution in [0.3, 0.4) is 0 Å². The number of aromatic nitrogens is 2. The number of nitrogens with one attached hydrogen (secondary N) is 2. The Morgan fingerprint density at radius 3 is 2.61 bits per heavy atom. The van der Waals surface area contributed by atoms with Crippen molar-refractivity contribution in [3.63, 3.8) is 0 Å². The van der Waals surface area contributed by atoms with Crippen LogP contribution in [-0.2, 0) is 17.9 Å². The summed E-state index contributed by atoms with van der Waals surface area (Å²) in [6, 6.07) is 7.96. The summed E-state index contributed by atoms with van der Waals surface area (Å²) in [4.78, 5) is 43.3. The predicted molar refractivity (Wildman–Crippen MR) is 122 cm³/mol. The summed E-state index contributed by atoms with van der Waals surface area (Å²) < 4.78 is 12.6. The number of fused-ring (bicyclic) bond motifs is 2. The Kier molecular flexibility index (Phi) is 6.30. The van der Waals surface area contributed by atoms with E-state index in [1.807, 2.05) is 26.8 Å². The number of carbonyl (C=O) groups is 2. The summed E-state index contributed by atoms with van der Waals surface area (Å²) >= 11 is 0. The van der Waals surface area contributed by atoms with Gasteiger partial charge in [-0.3, -0.25) is 19.4 Å². The number of hydrogen-bond donors (Lipinski definition) is 2. The third-order valence-corrected chi connectivity index (χ3v) is 5.57. The molecule has 1 aliphatic rings. The maximum Gasteiger partial charge on any atom is 0.257 e. The quantitative estimate of drug-likeness (QED) is 0.571. The summed E-state index contributed by atoms with van der Waals surface area (Å²) in [6.45, 7) is 6.44. The molecule has 0 fully saturated rings. The Hall–Kier alpha value is -3.88. The second-order valence-corrected chi connectivity index (χ2v) is 8.11. The van der Waals surface area contributed by atoms with Gasteiger partial charge in [-0.2, -0.15) is 0 Å². The molecule has 4 rings (SSSR count). The van der Waals surface area contributed by atoms with Gasteiger partial charge in [0.05, 0.1) is 23.1 Å². The van der Waals surface area contributed by atoms with Gasteiger partial charge in [-0.05, 0) is 31.0 Å². The summed E-state index contributed by atoms with van der Waals surface area (Å²) in [5, 5.41) is 5.90. The highest BCUT2D eigenvalue weighted by Gasteiger charge is 2.27. The zero-order valence-corrected chi connectivity index (χ0v) is 18.8. The van der Waals surface area contributed by atoms with E-state index in [9.17, 15) is 14.4 Å².